The van der Waals surface area contributed by atoms with Crippen molar-refractivity contribution in [1.82, 2.24) is 14.9 Å². The van der Waals surface area contributed by atoms with Gasteiger partial charge in [0.1, 0.15) is 5.82 Å². The van der Waals surface area contributed by atoms with Crippen LogP contribution in [-0.4, -0.2) is 47.7 Å². The van der Waals surface area contributed by atoms with E-state index >= 15 is 0 Å². The minimum atomic E-state index is 0.578. The van der Waals surface area contributed by atoms with Crippen LogP contribution in [-0.2, 0) is 4.74 Å². The second-order valence-corrected chi connectivity index (χ2v) is 5.78. The maximum atomic E-state index is 5.43. The van der Waals surface area contributed by atoms with Gasteiger partial charge < -0.3 is 14.6 Å². The Morgan fingerprint density at radius 3 is 3.00 bits per heavy atom. The molecule has 1 atom stereocenters. The van der Waals surface area contributed by atoms with Crippen LogP contribution in [0.15, 0.2) is 24.3 Å². The Hall–Kier alpha value is -1.39. The summed E-state index contributed by atoms with van der Waals surface area (Å²) in [6.45, 7) is 5.36. The molecular weight excluding hydrogens is 238 g/mol. The van der Waals surface area contributed by atoms with E-state index in [0.29, 0.717) is 5.92 Å². The van der Waals surface area contributed by atoms with Crippen LogP contribution in [0.5, 0.6) is 0 Å². The maximum Gasteiger partial charge on any atom is 0.112 e. The van der Waals surface area contributed by atoms with E-state index in [1.165, 1.54) is 13.0 Å². The average Bonchev–Trinajstić information content (AvgIpc) is 3.01. The number of hydrogen-bond donors (Lipinski definition) is 1. The smallest absolute Gasteiger partial charge is 0.112 e. The first-order valence-electron chi connectivity index (χ1n) is 7.13. The summed E-state index contributed by atoms with van der Waals surface area (Å²) in [6.07, 6.45) is 1.23. The van der Waals surface area contributed by atoms with Crippen molar-refractivity contribution in [2.45, 2.75) is 12.3 Å². The van der Waals surface area contributed by atoms with Crippen molar-refractivity contribution >= 4 is 11.0 Å². The van der Waals surface area contributed by atoms with E-state index < -0.39 is 0 Å². The predicted octanol–water partition coefficient (Wildman–Crippen LogP) is 2.00. The molecule has 2 aromatic rings. The van der Waals surface area contributed by atoms with Gasteiger partial charge in [-0.3, -0.25) is 0 Å². The second kappa shape index (κ2) is 4.62. The Kier molecular flexibility index (Phi) is 2.78. The number of H-pyrrole nitrogens is 1. The molecule has 4 rings (SSSR count). The minimum Gasteiger partial charge on any atom is -0.381 e. The molecule has 19 heavy (non-hydrogen) atoms. The van der Waals surface area contributed by atoms with Crippen molar-refractivity contribution in [3.63, 3.8) is 0 Å². The van der Waals surface area contributed by atoms with Crippen molar-refractivity contribution in [3.8, 4) is 0 Å². The van der Waals surface area contributed by atoms with Gasteiger partial charge in [0.2, 0.25) is 0 Å². The largest absolute Gasteiger partial charge is 0.381 e. The summed E-state index contributed by atoms with van der Waals surface area (Å²) in [7, 11) is 0. The normalized spacial score (nSPS) is 24.9. The molecule has 2 fully saturated rings. The van der Waals surface area contributed by atoms with Gasteiger partial charge >= 0.3 is 0 Å². The fourth-order valence-electron chi connectivity index (χ4n) is 3.15. The fraction of sp³-hybridized carbons (Fsp3) is 0.533. The first-order valence-corrected chi connectivity index (χ1v) is 7.13. The van der Waals surface area contributed by atoms with Gasteiger partial charge in [-0.2, -0.15) is 0 Å². The molecular formula is C15H19N3O. The number of imidazole rings is 1. The zero-order valence-electron chi connectivity index (χ0n) is 11.0. The molecule has 0 saturated carbocycles. The number of aromatic nitrogens is 2. The quantitative estimate of drug-likeness (QED) is 0.914. The van der Waals surface area contributed by atoms with Gasteiger partial charge in [-0.05, 0) is 24.5 Å². The maximum absolute atomic E-state index is 5.43. The summed E-state index contributed by atoms with van der Waals surface area (Å²) in [6, 6.07) is 8.26. The molecule has 100 valence electrons. The second-order valence-electron chi connectivity index (χ2n) is 5.78. The molecule has 3 heterocycles. The van der Waals surface area contributed by atoms with E-state index in [1.54, 1.807) is 0 Å². The molecule has 0 bridgehead atoms. The lowest BCUT2D eigenvalue weighted by Gasteiger charge is -2.39. The fourth-order valence-corrected chi connectivity index (χ4v) is 3.15. The zero-order chi connectivity index (χ0) is 12.7. The van der Waals surface area contributed by atoms with Gasteiger partial charge in [0, 0.05) is 32.2 Å². The molecule has 0 spiro atoms. The van der Waals surface area contributed by atoms with E-state index in [0.717, 1.165) is 49.1 Å². The third-order valence-corrected chi connectivity index (χ3v) is 4.29. The number of benzene rings is 1. The Bertz CT molecular complexity index is 535. The molecule has 1 N–H and O–H groups in total. The lowest BCUT2D eigenvalue weighted by molar-refractivity contribution is 0.110. The zero-order valence-corrected chi connectivity index (χ0v) is 11.0. The van der Waals surface area contributed by atoms with Crippen LogP contribution in [0.4, 0.5) is 0 Å². The summed E-state index contributed by atoms with van der Waals surface area (Å²) >= 11 is 0. The van der Waals surface area contributed by atoms with Gasteiger partial charge in [-0.25, -0.2) is 4.98 Å². The van der Waals surface area contributed by atoms with Crippen LogP contribution in [0.3, 0.4) is 0 Å². The Morgan fingerprint density at radius 1 is 1.32 bits per heavy atom. The standard InChI is InChI=1S/C15H19N3O/c1-2-4-14-13(3-1)16-15(17-14)12-8-18(9-12)7-11-5-6-19-10-11/h1-4,11-12H,5-10H2,(H,16,17). The van der Waals surface area contributed by atoms with Gasteiger partial charge in [0.15, 0.2) is 0 Å². The lowest BCUT2D eigenvalue weighted by atomic mass is 9.97. The van der Waals surface area contributed by atoms with Gasteiger partial charge in [-0.1, -0.05) is 12.1 Å². The lowest BCUT2D eigenvalue weighted by Crippen LogP contribution is -2.47. The highest BCUT2D eigenvalue weighted by Gasteiger charge is 2.32. The summed E-state index contributed by atoms with van der Waals surface area (Å²) in [4.78, 5) is 10.7. The average molecular weight is 257 g/mol. The van der Waals surface area contributed by atoms with Crippen LogP contribution in [0.2, 0.25) is 0 Å². The van der Waals surface area contributed by atoms with E-state index in [9.17, 15) is 0 Å². The number of likely N-dealkylation sites (tertiary alicyclic amines) is 1. The van der Waals surface area contributed by atoms with Gasteiger partial charge in [-0.15, -0.1) is 0 Å². The summed E-state index contributed by atoms with van der Waals surface area (Å²) in [5.41, 5.74) is 2.24. The SMILES string of the molecule is c1ccc2[nH]c(C3CN(CC4CCOC4)C3)nc2c1. The van der Waals surface area contributed by atoms with Crippen LogP contribution >= 0.6 is 0 Å². The molecule has 2 aliphatic heterocycles. The molecule has 1 unspecified atom stereocenters. The molecule has 4 nitrogen and oxygen atoms in total. The number of aromatic amines is 1. The van der Waals surface area contributed by atoms with E-state index in [4.69, 9.17) is 9.72 Å². The summed E-state index contributed by atoms with van der Waals surface area (Å²) in [5.74, 6) is 2.48. The van der Waals surface area contributed by atoms with Crippen LogP contribution in [0, 0.1) is 5.92 Å². The van der Waals surface area contributed by atoms with Crippen molar-refractivity contribution in [2.75, 3.05) is 32.8 Å². The highest BCUT2D eigenvalue weighted by molar-refractivity contribution is 5.74. The van der Waals surface area contributed by atoms with Crippen molar-refractivity contribution in [3.05, 3.63) is 30.1 Å². The first kappa shape index (κ1) is 11.4. The van der Waals surface area contributed by atoms with E-state index in [2.05, 4.69) is 28.1 Å². The van der Waals surface area contributed by atoms with Crippen molar-refractivity contribution in [2.24, 2.45) is 5.92 Å². The van der Waals surface area contributed by atoms with E-state index in [1.807, 2.05) is 6.07 Å². The van der Waals surface area contributed by atoms with Crippen molar-refractivity contribution < 1.29 is 4.74 Å². The number of ether oxygens (including phenoxy) is 1. The monoisotopic (exact) mass is 257 g/mol. The topological polar surface area (TPSA) is 41.2 Å². The highest BCUT2D eigenvalue weighted by atomic mass is 16.5. The number of nitrogens with one attached hydrogen (secondary N) is 1. The third-order valence-electron chi connectivity index (χ3n) is 4.29. The number of fused-ring (bicyclic) bond motifs is 1. The first-order chi connectivity index (χ1) is 9.38. The van der Waals surface area contributed by atoms with Crippen LogP contribution in [0.25, 0.3) is 11.0 Å². The van der Waals surface area contributed by atoms with E-state index in [-0.39, 0.29) is 0 Å². The Balaban J connectivity index is 1.39. The number of rotatable bonds is 3. The number of hydrogen-bond acceptors (Lipinski definition) is 3. The molecule has 2 aliphatic rings. The molecule has 1 aromatic heterocycles. The van der Waals surface area contributed by atoms with Gasteiger partial charge in [0.25, 0.3) is 0 Å². The molecule has 2 saturated heterocycles. The van der Waals surface area contributed by atoms with Crippen molar-refractivity contribution in [1.29, 1.82) is 0 Å². The molecule has 0 radical (unpaired) electrons. The minimum absolute atomic E-state index is 0.578. The number of para-hydroxylation sites is 2. The molecule has 4 heteroatoms. The Labute approximate surface area is 112 Å². The van der Waals surface area contributed by atoms with Crippen LogP contribution in [0.1, 0.15) is 18.2 Å². The summed E-state index contributed by atoms with van der Waals surface area (Å²) in [5, 5.41) is 0. The molecule has 0 amide bonds. The van der Waals surface area contributed by atoms with Crippen LogP contribution < -0.4 is 0 Å². The summed E-state index contributed by atoms with van der Waals surface area (Å²) < 4.78 is 5.43. The molecule has 1 aromatic carbocycles. The third kappa shape index (κ3) is 2.15. The predicted molar refractivity (Wildman–Crippen MR) is 74.2 cm³/mol. The molecule has 0 aliphatic carbocycles. The number of nitrogens with zero attached hydrogens (tertiary/aromatic N) is 2. The van der Waals surface area contributed by atoms with Gasteiger partial charge in [0.05, 0.1) is 17.6 Å². The Morgan fingerprint density at radius 2 is 2.21 bits per heavy atom. The highest BCUT2D eigenvalue weighted by Crippen LogP contribution is 2.28.